The van der Waals surface area contributed by atoms with Crippen molar-refractivity contribution in [2.75, 3.05) is 54.5 Å². The predicted molar refractivity (Wildman–Crippen MR) is 127 cm³/mol. The summed E-state index contributed by atoms with van der Waals surface area (Å²) in [6, 6.07) is 8.26. The van der Waals surface area contributed by atoms with Crippen LogP contribution in [0.2, 0.25) is 0 Å². The summed E-state index contributed by atoms with van der Waals surface area (Å²) >= 11 is 0. The Morgan fingerprint density at radius 2 is 1.93 bits per heavy atom. The number of halogens is 1. The molecule has 2 rings (SSSR count). The normalized spacial score (nSPS) is 20.2. The van der Waals surface area contributed by atoms with Gasteiger partial charge in [0.1, 0.15) is 5.75 Å². The smallest absolute Gasteiger partial charge is 0.310 e. The van der Waals surface area contributed by atoms with E-state index in [1.165, 1.54) is 12.7 Å². The van der Waals surface area contributed by atoms with Crippen molar-refractivity contribution in [3.63, 3.8) is 0 Å². The minimum absolute atomic E-state index is 0. The molecule has 1 fully saturated rings. The summed E-state index contributed by atoms with van der Waals surface area (Å²) in [6.45, 7) is 6.97. The zero-order chi connectivity index (χ0) is 20.7. The van der Waals surface area contributed by atoms with Gasteiger partial charge in [-0.25, -0.2) is 0 Å². The number of ether oxygens (including phenoxy) is 2. The maximum Gasteiger partial charge on any atom is 0.310 e. The second-order valence-electron chi connectivity index (χ2n) is 7.46. The van der Waals surface area contributed by atoms with Crippen LogP contribution in [0.1, 0.15) is 25.5 Å². The van der Waals surface area contributed by atoms with Crippen molar-refractivity contribution in [2.45, 2.75) is 19.9 Å². The van der Waals surface area contributed by atoms with Gasteiger partial charge in [-0.2, -0.15) is 0 Å². The van der Waals surface area contributed by atoms with Gasteiger partial charge in [-0.15, -0.1) is 24.0 Å². The first-order valence-electron chi connectivity index (χ1n) is 9.82. The Kier molecular flexibility index (Phi) is 10.7. The first kappa shape index (κ1) is 25.5. The van der Waals surface area contributed by atoms with E-state index in [-0.39, 0.29) is 47.8 Å². The van der Waals surface area contributed by atoms with Gasteiger partial charge in [0.25, 0.3) is 0 Å². The van der Waals surface area contributed by atoms with Gasteiger partial charge >= 0.3 is 5.97 Å². The number of likely N-dealkylation sites (N-methyl/N-ethyl adjacent to an activating group) is 1. The number of esters is 1. The molecule has 0 bridgehead atoms. The van der Waals surface area contributed by atoms with Gasteiger partial charge < -0.3 is 24.6 Å². The number of likely N-dealkylation sites (tertiary alicyclic amines) is 1. The third kappa shape index (κ3) is 6.74. The molecule has 0 aliphatic carbocycles. The van der Waals surface area contributed by atoms with Crippen LogP contribution in [-0.2, 0) is 9.53 Å². The fourth-order valence-corrected chi connectivity index (χ4v) is 3.59. The standard InChI is InChI=1S/C21H34N4O3.HI/c1-7-22-21(25-13-15(2)18(14-25)20(26)28-6)23-12-19(24(3)4)16-8-10-17(27-5)11-9-16;/h8-11,15,18-19H,7,12-14H2,1-6H3,(H,22,23);1H. The highest BCUT2D eigenvalue weighted by atomic mass is 127. The van der Waals surface area contributed by atoms with E-state index in [0.29, 0.717) is 13.1 Å². The molecule has 1 heterocycles. The first-order valence-corrected chi connectivity index (χ1v) is 9.82. The Morgan fingerprint density at radius 1 is 1.28 bits per heavy atom. The first-order chi connectivity index (χ1) is 13.4. The molecule has 8 heteroatoms. The summed E-state index contributed by atoms with van der Waals surface area (Å²) < 4.78 is 10.2. The van der Waals surface area contributed by atoms with Crippen molar-refractivity contribution in [1.82, 2.24) is 15.1 Å². The number of hydrogen-bond acceptors (Lipinski definition) is 5. The Hall–Kier alpha value is -1.55. The molecule has 0 radical (unpaired) electrons. The highest BCUT2D eigenvalue weighted by molar-refractivity contribution is 14.0. The van der Waals surface area contributed by atoms with E-state index in [9.17, 15) is 4.79 Å². The van der Waals surface area contributed by atoms with Gasteiger partial charge in [0.2, 0.25) is 0 Å². The Morgan fingerprint density at radius 3 is 2.45 bits per heavy atom. The molecule has 29 heavy (non-hydrogen) atoms. The maximum absolute atomic E-state index is 12.0. The molecule has 0 aromatic heterocycles. The van der Waals surface area contributed by atoms with E-state index >= 15 is 0 Å². The number of nitrogens with zero attached hydrogens (tertiary/aromatic N) is 3. The van der Waals surface area contributed by atoms with Gasteiger partial charge in [0.05, 0.1) is 32.7 Å². The highest BCUT2D eigenvalue weighted by Crippen LogP contribution is 2.25. The lowest BCUT2D eigenvalue weighted by atomic mass is 9.99. The van der Waals surface area contributed by atoms with Crippen LogP contribution in [0.3, 0.4) is 0 Å². The van der Waals surface area contributed by atoms with Crippen LogP contribution in [0.25, 0.3) is 0 Å². The van der Waals surface area contributed by atoms with Crippen molar-refractivity contribution in [1.29, 1.82) is 0 Å². The summed E-state index contributed by atoms with van der Waals surface area (Å²) in [4.78, 5) is 21.2. The summed E-state index contributed by atoms with van der Waals surface area (Å²) in [7, 11) is 7.24. The highest BCUT2D eigenvalue weighted by Gasteiger charge is 2.37. The molecule has 1 aromatic carbocycles. The SMILES string of the molecule is CCNC(=NCC(c1ccc(OC)cc1)N(C)C)N1CC(C)C(C(=O)OC)C1.I. The quantitative estimate of drug-likeness (QED) is 0.259. The number of rotatable bonds is 7. The van der Waals surface area contributed by atoms with Crippen LogP contribution in [0.5, 0.6) is 5.75 Å². The zero-order valence-electron chi connectivity index (χ0n) is 18.3. The van der Waals surface area contributed by atoms with Crippen LogP contribution >= 0.6 is 24.0 Å². The third-order valence-electron chi connectivity index (χ3n) is 5.29. The van der Waals surface area contributed by atoms with Gasteiger partial charge in [0.15, 0.2) is 5.96 Å². The predicted octanol–water partition coefficient (Wildman–Crippen LogP) is 2.62. The Labute approximate surface area is 191 Å². The zero-order valence-corrected chi connectivity index (χ0v) is 20.7. The molecule has 0 amide bonds. The van der Waals surface area contributed by atoms with E-state index in [1.54, 1.807) is 7.11 Å². The lowest BCUT2D eigenvalue weighted by Gasteiger charge is -2.26. The molecule has 7 nitrogen and oxygen atoms in total. The summed E-state index contributed by atoms with van der Waals surface area (Å²) in [6.07, 6.45) is 0. The van der Waals surface area contributed by atoms with E-state index in [2.05, 4.69) is 55.2 Å². The molecule has 3 unspecified atom stereocenters. The van der Waals surface area contributed by atoms with Crippen LogP contribution in [-0.4, -0.2) is 76.2 Å². The molecule has 1 aliphatic heterocycles. The summed E-state index contributed by atoms with van der Waals surface area (Å²) in [5, 5.41) is 3.37. The number of guanidine groups is 1. The van der Waals surface area contributed by atoms with E-state index in [0.717, 1.165) is 24.8 Å². The fraction of sp³-hybridized carbons (Fsp3) is 0.619. The van der Waals surface area contributed by atoms with Crippen LogP contribution in [0.15, 0.2) is 29.3 Å². The topological polar surface area (TPSA) is 66.4 Å². The van der Waals surface area contributed by atoms with Crippen LogP contribution in [0.4, 0.5) is 0 Å². The molecule has 164 valence electrons. The van der Waals surface area contributed by atoms with Crippen molar-refractivity contribution < 1.29 is 14.3 Å². The lowest BCUT2D eigenvalue weighted by molar-refractivity contribution is -0.145. The summed E-state index contributed by atoms with van der Waals surface area (Å²) in [5.41, 5.74) is 1.19. The second-order valence-corrected chi connectivity index (χ2v) is 7.46. The maximum atomic E-state index is 12.0. The molecule has 0 saturated carbocycles. The van der Waals surface area contributed by atoms with Gasteiger partial charge in [0, 0.05) is 19.6 Å². The number of carbonyl (C=O) groups is 1. The minimum Gasteiger partial charge on any atom is -0.497 e. The molecule has 1 aliphatic rings. The van der Waals surface area contributed by atoms with E-state index in [4.69, 9.17) is 14.5 Å². The molecule has 1 N–H and O–H groups in total. The third-order valence-corrected chi connectivity index (χ3v) is 5.29. The van der Waals surface area contributed by atoms with Crippen LogP contribution in [0, 0.1) is 11.8 Å². The Balaban J connectivity index is 0.00000420. The average molecular weight is 518 g/mol. The average Bonchev–Trinajstić information content (AvgIpc) is 3.08. The molecular weight excluding hydrogens is 483 g/mol. The van der Waals surface area contributed by atoms with Gasteiger partial charge in [-0.05, 0) is 44.6 Å². The molecule has 1 aromatic rings. The molecule has 0 spiro atoms. The van der Waals surface area contributed by atoms with E-state index < -0.39 is 0 Å². The molecule has 1 saturated heterocycles. The number of methoxy groups -OCH3 is 2. The number of carbonyl (C=O) groups excluding carboxylic acids is 1. The van der Waals surface area contributed by atoms with Crippen molar-refractivity contribution in [3.8, 4) is 5.75 Å². The largest absolute Gasteiger partial charge is 0.497 e. The van der Waals surface area contributed by atoms with Crippen molar-refractivity contribution in [2.24, 2.45) is 16.8 Å². The van der Waals surface area contributed by atoms with E-state index in [1.807, 2.05) is 12.1 Å². The Bertz CT molecular complexity index is 666. The van der Waals surface area contributed by atoms with Crippen molar-refractivity contribution >= 4 is 35.9 Å². The number of hydrogen-bond donors (Lipinski definition) is 1. The molecular formula is C21H35IN4O3. The number of nitrogens with one attached hydrogen (secondary N) is 1. The monoisotopic (exact) mass is 518 g/mol. The van der Waals surface area contributed by atoms with Gasteiger partial charge in [-0.1, -0.05) is 19.1 Å². The fourth-order valence-electron chi connectivity index (χ4n) is 3.59. The number of aliphatic imine (C=N–C) groups is 1. The number of benzene rings is 1. The molecule has 3 atom stereocenters. The minimum atomic E-state index is -0.143. The van der Waals surface area contributed by atoms with Crippen molar-refractivity contribution in [3.05, 3.63) is 29.8 Å². The second kappa shape index (κ2) is 12.2. The lowest BCUT2D eigenvalue weighted by Crippen LogP contribution is -2.41. The summed E-state index contributed by atoms with van der Waals surface area (Å²) in [5.74, 6) is 1.68. The van der Waals surface area contributed by atoms with Crippen LogP contribution < -0.4 is 10.1 Å². The van der Waals surface area contributed by atoms with Gasteiger partial charge in [-0.3, -0.25) is 9.79 Å².